The summed E-state index contributed by atoms with van der Waals surface area (Å²) >= 11 is 51.1. The van der Waals surface area contributed by atoms with Crippen molar-refractivity contribution >= 4 is 92.8 Å². The molecule has 0 saturated heterocycles. The van der Waals surface area contributed by atoms with Gasteiger partial charge in [-0.3, -0.25) is 0 Å². The molecule has 3 aliphatic carbocycles. The van der Waals surface area contributed by atoms with Crippen LogP contribution in [0.1, 0.15) is 12.8 Å². The van der Waals surface area contributed by atoms with Gasteiger partial charge in [0, 0.05) is 11.5 Å². The molecule has 100 valence electrons. The summed E-state index contributed by atoms with van der Waals surface area (Å²) in [5.41, 5.74) is 0. The molecular formula is C10H4Cl8. The van der Waals surface area contributed by atoms with Crippen LogP contribution in [0.5, 0.6) is 0 Å². The maximum atomic E-state index is 6.65. The molecule has 3 aliphatic rings. The minimum absolute atomic E-state index is 0.191. The lowest BCUT2D eigenvalue weighted by Crippen LogP contribution is -2.58. The molecule has 1 fully saturated rings. The Hall–Kier alpha value is 1.80. The van der Waals surface area contributed by atoms with Crippen molar-refractivity contribution < 1.29 is 0 Å². The van der Waals surface area contributed by atoms with E-state index in [1.54, 1.807) is 0 Å². The van der Waals surface area contributed by atoms with Crippen LogP contribution >= 0.6 is 92.8 Å². The smallest absolute Gasteiger partial charge is 0.114 e. The number of hydrogen-bond acceptors (Lipinski definition) is 0. The van der Waals surface area contributed by atoms with Crippen molar-refractivity contribution in [3.8, 4) is 0 Å². The normalized spacial score (nSPS) is 54.7. The van der Waals surface area contributed by atoms with Crippen LogP contribution < -0.4 is 0 Å². The van der Waals surface area contributed by atoms with E-state index in [4.69, 9.17) is 92.8 Å². The summed E-state index contributed by atoms with van der Waals surface area (Å²) in [5, 5.41) is 0.951. The highest BCUT2D eigenvalue weighted by Crippen LogP contribution is 2.80. The van der Waals surface area contributed by atoms with E-state index in [1.165, 1.54) is 0 Å². The largest absolute Gasteiger partial charge is 0.127 e. The van der Waals surface area contributed by atoms with Gasteiger partial charge in [0.2, 0.25) is 0 Å². The molecule has 0 aliphatic heterocycles. The summed E-state index contributed by atoms with van der Waals surface area (Å²) in [5.74, 6) is 0. The molecule has 8 heteroatoms. The average Bonchev–Trinajstić information content (AvgIpc) is 2.65. The fourth-order valence-corrected chi connectivity index (χ4v) is 7.27. The molecule has 0 radical (unpaired) electrons. The van der Waals surface area contributed by atoms with Gasteiger partial charge < -0.3 is 0 Å². The van der Waals surface area contributed by atoms with Crippen molar-refractivity contribution in [3.05, 3.63) is 20.1 Å². The monoisotopic (exact) mass is 404 g/mol. The zero-order chi connectivity index (χ0) is 13.7. The molecule has 0 heterocycles. The Balaban J connectivity index is 2.38. The van der Waals surface area contributed by atoms with Crippen LogP contribution in [0.15, 0.2) is 20.1 Å². The summed E-state index contributed by atoms with van der Waals surface area (Å²) in [6.07, 6.45) is 0.422. The molecule has 0 N–H and O–H groups in total. The molecule has 0 unspecified atom stereocenters. The fourth-order valence-electron chi connectivity index (χ4n) is 3.10. The molecule has 0 amide bonds. The fraction of sp³-hybridized carbons (Fsp3) is 0.600. The zero-order valence-corrected chi connectivity index (χ0v) is 14.5. The standard InChI is InChI=1S/C10H4Cl8/c11-3-1-9(17)7(15)2-8(16,6(14)5(7)13)10(9,18)4(3)12/h1-2H2/t7-,8+,9+,10-/m0/s1. The van der Waals surface area contributed by atoms with Gasteiger partial charge in [-0.05, 0) is 6.42 Å². The van der Waals surface area contributed by atoms with E-state index in [0.29, 0.717) is 5.03 Å². The molecule has 2 bridgehead atoms. The van der Waals surface area contributed by atoms with Gasteiger partial charge in [0.15, 0.2) is 0 Å². The van der Waals surface area contributed by atoms with Crippen LogP contribution in [0.2, 0.25) is 0 Å². The summed E-state index contributed by atoms with van der Waals surface area (Å²) in [6, 6.07) is 0. The van der Waals surface area contributed by atoms with E-state index in [0.717, 1.165) is 0 Å². The number of hydrogen-bond donors (Lipinski definition) is 0. The SMILES string of the molecule is ClC1=C(Cl)[C@@]2(Cl)[C@@](Cl)(C1)[C@]1(Cl)C[C@@]2(Cl)C(Cl)=C1Cl. The molecule has 0 spiro atoms. The molecule has 0 nitrogen and oxygen atoms in total. The predicted molar refractivity (Wildman–Crippen MR) is 81.0 cm³/mol. The Kier molecular flexibility index (Phi) is 3.08. The molecule has 0 aromatic carbocycles. The number of halogens is 8. The predicted octanol–water partition coefficient (Wildman–Crippen LogP) is 6.10. The van der Waals surface area contributed by atoms with Crippen molar-refractivity contribution in [2.75, 3.05) is 0 Å². The summed E-state index contributed by atoms with van der Waals surface area (Å²) in [4.78, 5) is -4.93. The Labute approximate surface area is 144 Å². The third kappa shape index (κ3) is 1.16. The van der Waals surface area contributed by atoms with Gasteiger partial charge in [0.25, 0.3) is 0 Å². The molecule has 18 heavy (non-hydrogen) atoms. The lowest BCUT2D eigenvalue weighted by Gasteiger charge is -2.46. The van der Waals surface area contributed by atoms with Crippen LogP contribution in [0.3, 0.4) is 0 Å². The van der Waals surface area contributed by atoms with Crippen molar-refractivity contribution in [2.24, 2.45) is 0 Å². The van der Waals surface area contributed by atoms with Gasteiger partial charge in [0.05, 0.1) is 20.0 Å². The van der Waals surface area contributed by atoms with Gasteiger partial charge in [-0.1, -0.05) is 46.4 Å². The number of alkyl halides is 4. The summed E-state index contributed by atoms with van der Waals surface area (Å²) < 4.78 is 0. The average molecular weight is 408 g/mol. The quantitative estimate of drug-likeness (QED) is 0.426. The highest BCUT2D eigenvalue weighted by atomic mass is 35.5. The number of rotatable bonds is 0. The highest BCUT2D eigenvalue weighted by molar-refractivity contribution is 6.61. The van der Waals surface area contributed by atoms with Crippen molar-refractivity contribution in [1.82, 2.24) is 0 Å². The topological polar surface area (TPSA) is 0 Å². The molecule has 0 aromatic rings. The first-order valence-electron chi connectivity index (χ1n) is 4.93. The lowest BCUT2D eigenvalue weighted by molar-refractivity contribution is 0.477. The van der Waals surface area contributed by atoms with Crippen LogP contribution in [0, 0.1) is 0 Å². The van der Waals surface area contributed by atoms with Gasteiger partial charge >= 0.3 is 0 Å². The van der Waals surface area contributed by atoms with Gasteiger partial charge in [-0.2, -0.15) is 0 Å². The van der Waals surface area contributed by atoms with Crippen LogP contribution in [-0.2, 0) is 0 Å². The Morgan fingerprint density at radius 2 is 1.22 bits per heavy atom. The molecule has 0 aromatic heterocycles. The molecule has 1 saturated carbocycles. The van der Waals surface area contributed by atoms with E-state index in [9.17, 15) is 0 Å². The third-order valence-electron chi connectivity index (χ3n) is 4.04. The van der Waals surface area contributed by atoms with E-state index >= 15 is 0 Å². The first-order chi connectivity index (χ1) is 8.06. The van der Waals surface area contributed by atoms with Gasteiger partial charge in [-0.15, -0.1) is 46.4 Å². The van der Waals surface area contributed by atoms with Gasteiger partial charge in [-0.25, -0.2) is 0 Å². The van der Waals surface area contributed by atoms with Crippen molar-refractivity contribution in [3.63, 3.8) is 0 Å². The summed E-state index contributed by atoms with van der Waals surface area (Å²) in [7, 11) is 0. The maximum absolute atomic E-state index is 6.65. The number of allylic oxidation sites excluding steroid dienone is 4. The third-order valence-corrected chi connectivity index (χ3v) is 9.49. The van der Waals surface area contributed by atoms with Crippen molar-refractivity contribution in [2.45, 2.75) is 32.3 Å². The maximum Gasteiger partial charge on any atom is 0.127 e. The van der Waals surface area contributed by atoms with Crippen LogP contribution in [-0.4, -0.2) is 19.5 Å². The molecule has 4 atom stereocenters. The van der Waals surface area contributed by atoms with E-state index in [2.05, 4.69) is 0 Å². The van der Waals surface area contributed by atoms with Crippen molar-refractivity contribution in [1.29, 1.82) is 0 Å². The molecular weight excluding hydrogens is 404 g/mol. The highest BCUT2D eigenvalue weighted by Gasteiger charge is 2.85. The first-order valence-corrected chi connectivity index (χ1v) is 7.95. The minimum Gasteiger partial charge on any atom is -0.114 e. The second-order valence-corrected chi connectivity index (χ2v) is 8.86. The van der Waals surface area contributed by atoms with Crippen LogP contribution in [0.4, 0.5) is 0 Å². The number of fused-ring (bicyclic) bond motifs is 5. The molecule has 3 rings (SSSR count). The Morgan fingerprint density at radius 3 is 1.78 bits per heavy atom. The van der Waals surface area contributed by atoms with Gasteiger partial charge in [0.1, 0.15) is 14.6 Å². The minimum atomic E-state index is -1.35. The van der Waals surface area contributed by atoms with E-state index in [1.807, 2.05) is 0 Å². The van der Waals surface area contributed by atoms with Crippen LogP contribution in [0.25, 0.3) is 0 Å². The Bertz CT molecular complexity index is 538. The summed E-state index contributed by atoms with van der Waals surface area (Å²) in [6.45, 7) is 0. The lowest BCUT2D eigenvalue weighted by atomic mass is 9.82. The zero-order valence-electron chi connectivity index (χ0n) is 8.44. The second-order valence-electron chi connectivity index (χ2n) is 4.76. The van der Waals surface area contributed by atoms with E-state index in [-0.39, 0.29) is 27.9 Å². The van der Waals surface area contributed by atoms with E-state index < -0.39 is 19.5 Å². The second kappa shape index (κ2) is 3.76. The first kappa shape index (κ1) is 14.7. The Morgan fingerprint density at radius 1 is 0.722 bits per heavy atom.